The molecule has 0 saturated carbocycles. The summed E-state index contributed by atoms with van der Waals surface area (Å²) in [5.41, 5.74) is 2.89. The Hall–Kier alpha value is -1.97. The Morgan fingerprint density at radius 1 is 1.24 bits per heavy atom. The first kappa shape index (κ1) is 11.5. The second-order valence-electron chi connectivity index (χ2n) is 3.69. The predicted octanol–water partition coefficient (Wildman–Crippen LogP) is 2.67. The van der Waals surface area contributed by atoms with Gasteiger partial charge in [-0.3, -0.25) is 0 Å². The molecule has 1 aromatic carbocycles. The summed E-state index contributed by atoms with van der Waals surface area (Å²) >= 11 is 0. The van der Waals surface area contributed by atoms with Gasteiger partial charge in [0, 0.05) is 11.3 Å². The van der Waals surface area contributed by atoms with Gasteiger partial charge in [0.15, 0.2) is 0 Å². The monoisotopic (exact) mass is 231 g/mol. The molecule has 1 aromatic heterocycles. The van der Waals surface area contributed by atoms with Crippen LogP contribution in [0.3, 0.4) is 0 Å². The fourth-order valence-corrected chi connectivity index (χ4v) is 1.73. The van der Waals surface area contributed by atoms with Crippen molar-refractivity contribution >= 4 is 0 Å². The van der Waals surface area contributed by atoms with Gasteiger partial charge in [0.05, 0.1) is 5.69 Å². The van der Waals surface area contributed by atoms with E-state index in [1.54, 1.807) is 19.1 Å². The van der Waals surface area contributed by atoms with Gasteiger partial charge in [-0.2, -0.15) is 4.98 Å². The average molecular weight is 231 g/mol. The standard InChI is InChI=1S/C13H12FN2O/c1-3-11-8(2)15-13(17)16-12(11)9-4-6-10(14)7-5-9/h4-7H,1,3H2,2H3,(H,15,16,17). The normalized spacial score (nSPS) is 10.5. The minimum atomic E-state index is -0.306. The number of aromatic hydroxyl groups is 1. The van der Waals surface area contributed by atoms with E-state index in [4.69, 9.17) is 0 Å². The molecule has 1 heterocycles. The fraction of sp³-hybridized carbons (Fsp3) is 0.154. The van der Waals surface area contributed by atoms with E-state index in [9.17, 15) is 9.50 Å². The van der Waals surface area contributed by atoms with Crippen molar-refractivity contribution in [2.24, 2.45) is 0 Å². The molecule has 2 rings (SSSR count). The number of halogens is 1. The predicted molar refractivity (Wildman–Crippen MR) is 62.9 cm³/mol. The lowest BCUT2D eigenvalue weighted by atomic mass is 10.0. The summed E-state index contributed by atoms with van der Waals surface area (Å²) in [5, 5.41) is 9.41. The highest BCUT2D eigenvalue weighted by Gasteiger charge is 2.11. The van der Waals surface area contributed by atoms with Crippen LogP contribution in [0.5, 0.6) is 6.01 Å². The topological polar surface area (TPSA) is 46.0 Å². The maximum absolute atomic E-state index is 12.8. The van der Waals surface area contributed by atoms with E-state index in [2.05, 4.69) is 16.9 Å². The summed E-state index contributed by atoms with van der Waals surface area (Å²) in [5.74, 6) is -0.306. The Labute approximate surface area is 99.0 Å². The first-order valence-corrected chi connectivity index (χ1v) is 5.23. The second kappa shape index (κ2) is 4.49. The number of hydrogen-bond donors (Lipinski definition) is 1. The number of rotatable bonds is 2. The van der Waals surface area contributed by atoms with Gasteiger partial charge in [0.1, 0.15) is 5.82 Å². The molecule has 0 amide bonds. The number of aromatic nitrogens is 2. The van der Waals surface area contributed by atoms with Crippen LogP contribution >= 0.6 is 0 Å². The Morgan fingerprint density at radius 3 is 2.47 bits per heavy atom. The Morgan fingerprint density at radius 2 is 1.88 bits per heavy atom. The molecule has 3 nitrogen and oxygen atoms in total. The molecule has 0 bridgehead atoms. The van der Waals surface area contributed by atoms with Crippen LogP contribution in [-0.4, -0.2) is 15.1 Å². The molecular weight excluding hydrogens is 219 g/mol. The molecule has 0 aliphatic rings. The van der Waals surface area contributed by atoms with E-state index in [-0.39, 0.29) is 11.8 Å². The summed E-state index contributed by atoms with van der Waals surface area (Å²) in [7, 11) is 0. The van der Waals surface area contributed by atoms with Crippen molar-refractivity contribution in [3.8, 4) is 17.3 Å². The fourth-order valence-electron chi connectivity index (χ4n) is 1.73. The minimum absolute atomic E-state index is 0.279. The largest absolute Gasteiger partial charge is 0.479 e. The molecule has 0 unspecified atom stereocenters. The lowest BCUT2D eigenvalue weighted by Gasteiger charge is -2.09. The first-order valence-electron chi connectivity index (χ1n) is 5.23. The third-order valence-electron chi connectivity index (χ3n) is 2.57. The van der Waals surface area contributed by atoms with Gasteiger partial charge in [-0.05, 0) is 50.1 Å². The van der Waals surface area contributed by atoms with E-state index >= 15 is 0 Å². The zero-order valence-electron chi connectivity index (χ0n) is 9.44. The molecule has 0 atom stereocenters. The van der Waals surface area contributed by atoms with Crippen LogP contribution in [0.1, 0.15) is 11.3 Å². The van der Waals surface area contributed by atoms with Gasteiger partial charge in [-0.25, -0.2) is 9.37 Å². The number of aryl methyl sites for hydroxylation is 1. The van der Waals surface area contributed by atoms with Gasteiger partial charge in [-0.1, -0.05) is 0 Å². The molecule has 87 valence electrons. The summed E-state index contributed by atoms with van der Waals surface area (Å²) in [6.45, 7) is 5.60. The van der Waals surface area contributed by atoms with Gasteiger partial charge >= 0.3 is 6.01 Å². The average Bonchev–Trinajstić information content (AvgIpc) is 2.29. The molecule has 1 N–H and O–H groups in total. The van der Waals surface area contributed by atoms with Crippen LogP contribution in [0.25, 0.3) is 11.3 Å². The van der Waals surface area contributed by atoms with Crippen LogP contribution in [0.4, 0.5) is 4.39 Å². The molecule has 17 heavy (non-hydrogen) atoms. The number of hydrogen-bond acceptors (Lipinski definition) is 3. The highest BCUT2D eigenvalue weighted by Crippen LogP contribution is 2.25. The smallest absolute Gasteiger partial charge is 0.314 e. The quantitative estimate of drug-likeness (QED) is 0.864. The highest BCUT2D eigenvalue weighted by atomic mass is 19.1. The maximum atomic E-state index is 12.8. The third kappa shape index (κ3) is 2.25. The van der Waals surface area contributed by atoms with E-state index in [0.29, 0.717) is 17.8 Å². The summed E-state index contributed by atoms with van der Waals surface area (Å²) < 4.78 is 12.8. The molecule has 0 saturated heterocycles. The van der Waals surface area contributed by atoms with Crippen molar-refractivity contribution in [3.05, 3.63) is 48.3 Å². The van der Waals surface area contributed by atoms with Crippen molar-refractivity contribution in [2.75, 3.05) is 0 Å². The molecule has 1 radical (unpaired) electrons. The van der Waals surface area contributed by atoms with Gasteiger partial charge in [0.2, 0.25) is 0 Å². The summed E-state index contributed by atoms with van der Waals surface area (Å²) in [6, 6.07) is 5.68. The van der Waals surface area contributed by atoms with Crippen LogP contribution in [-0.2, 0) is 6.42 Å². The molecule has 2 aromatic rings. The van der Waals surface area contributed by atoms with E-state index in [1.165, 1.54) is 12.1 Å². The molecule has 4 heteroatoms. The highest BCUT2D eigenvalue weighted by molar-refractivity contribution is 5.64. The molecule has 0 aliphatic carbocycles. The molecule has 0 spiro atoms. The second-order valence-corrected chi connectivity index (χ2v) is 3.69. The third-order valence-corrected chi connectivity index (χ3v) is 2.57. The first-order chi connectivity index (χ1) is 8.11. The summed E-state index contributed by atoms with van der Waals surface area (Å²) in [6.07, 6.45) is 0.513. The van der Waals surface area contributed by atoms with Crippen molar-refractivity contribution in [1.29, 1.82) is 0 Å². The van der Waals surface area contributed by atoms with Crippen molar-refractivity contribution < 1.29 is 9.50 Å². The van der Waals surface area contributed by atoms with Gasteiger partial charge < -0.3 is 5.11 Å². The lowest BCUT2D eigenvalue weighted by Crippen LogP contribution is -1.99. The Balaban J connectivity index is 2.61. The van der Waals surface area contributed by atoms with Crippen molar-refractivity contribution in [2.45, 2.75) is 13.3 Å². The number of nitrogens with zero attached hydrogens (tertiary/aromatic N) is 2. The van der Waals surface area contributed by atoms with Crippen molar-refractivity contribution in [3.63, 3.8) is 0 Å². The van der Waals surface area contributed by atoms with E-state index in [0.717, 1.165) is 11.1 Å². The Kier molecular flexibility index (Phi) is 3.04. The van der Waals surface area contributed by atoms with E-state index in [1.807, 2.05) is 0 Å². The number of benzene rings is 1. The van der Waals surface area contributed by atoms with Crippen LogP contribution in [0, 0.1) is 19.7 Å². The van der Waals surface area contributed by atoms with Gasteiger partial charge in [0.25, 0.3) is 0 Å². The minimum Gasteiger partial charge on any atom is -0.479 e. The zero-order valence-corrected chi connectivity index (χ0v) is 9.44. The van der Waals surface area contributed by atoms with Crippen molar-refractivity contribution in [1.82, 2.24) is 9.97 Å². The van der Waals surface area contributed by atoms with Crippen LogP contribution in [0.15, 0.2) is 24.3 Å². The van der Waals surface area contributed by atoms with Crippen LogP contribution < -0.4 is 0 Å². The zero-order chi connectivity index (χ0) is 12.4. The molecular formula is C13H12FN2O. The molecule has 0 aliphatic heterocycles. The lowest BCUT2D eigenvalue weighted by molar-refractivity contribution is 0.429. The summed E-state index contributed by atoms with van der Waals surface area (Å²) in [4.78, 5) is 7.87. The SMILES string of the molecule is [CH2]Cc1c(C)nc(O)nc1-c1ccc(F)cc1. The Bertz CT molecular complexity index is 538. The van der Waals surface area contributed by atoms with E-state index < -0.39 is 0 Å². The van der Waals surface area contributed by atoms with Gasteiger partial charge in [-0.15, -0.1) is 0 Å². The van der Waals surface area contributed by atoms with Crippen LogP contribution in [0.2, 0.25) is 0 Å². The molecule has 0 fully saturated rings. The maximum Gasteiger partial charge on any atom is 0.314 e.